The first-order valence-corrected chi connectivity index (χ1v) is 10.5. The van der Waals surface area contributed by atoms with Crippen LogP contribution in [0.5, 0.6) is 0 Å². The van der Waals surface area contributed by atoms with Gasteiger partial charge in [-0.3, -0.25) is 9.59 Å². The highest BCUT2D eigenvalue weighted by Crippen LogP contribution is 2.34. The van der Waals surface area contributed by atoms with E-state index in [0.717, 1.165) is 12.1 Å². The van der Waals surface area contributed by atoms with Crippen molar-refractivity contribution in [2.75, 3.05) is 0 Å². The number of hydrogen-bond acceptors (Lipinski definition) is 4. The second-order valence-electron chi connectivity index (χ2n) is 8.04. The number of alkyl halides is 3. The molecule has 3 atom stereocenters. The number of aliphatic hydroxyl groups is 1. The van der Waals surface area contributed by atoms with Crippen LogP contribution in [0.25, 0.3) is 6.08 Å². The molecule has 1 aromatic carbocycles. The number of Topliss-reactive ketones (excluding diaryl/α,β-unsaturated/α-hetero) is 1. The minimum absolute atomic E-state index is 0.0280. The molecule has 170 valence electrons. The summed E-state index contributed by atoms with van der Waals surface area (Å²) in [6, 6.07) is 4.74. The number of carbonyl (C=O) groups excluding carboxylic acids is 2. The van der Waals surface area contributed by atoms with Gasteiger partial charge in [0.1, 0.15) is 5.78 Å². The van der Waals surface area contributed by atoms with Gasteiger partial charge in [-0.2, -0.15) is 13.2 Å². The van der Waals surface area contributed by atoms with Crippen LogP contribution in [0.15, 0.2) is 42.5 Å². The van der Waals surface area contributed by atoms with Crippen LogP contribution in [0.3, 0.4) is 0 Å². The zero-order valence-corrected chi connectivity index (χ0v) is 17.8. The third-order valence-corrected chi connectivity index (χ3v) is 5.16. The van der Waals surface area contributed by atoms with Gasteiger partial charge in [0.2, 0.25) is 0 Å². The lowest BCUT2D eigenvalue weighted by atomic mass is 9.90. The molecule has 0 aromatic heterocycles. The average Bonchev–Trinajstić information content (AvgIpc) is 2.94. The number of hydrogen-bond donors (Lipinski definition) is 1. The topological polar surface area (TPSA) is 63.6 Å². The maximum absolute atomic E-state index is 12.7. The highest BCUT2D eigenvalue weighted by Gasteiger charge is 2.39. The molecule has 31 heavy (non-hydrogen) atoms. The van der Waals surface area contributed by atoms with Crippen molar-refractivity contribution < 1.29 is 32.6 Å². The van der Waals surface area contributed by atoms with E-state index in [-0.39, 0.29) is 36.1 Å². The van der Waals surface area contributed by atoms with Crippen molar-refractivity contribution in [2.45, 2.75) is 64.3 Å². The van der Waals surface area contributed by atoms with Gasteiger partial charge in [-0.15, -0.1) is 0 Å². The van der Waals surface area contributed by atoms with Gasteiger partial charge in [0.05, 0.1) is 17.8 Å². The largest absolute Gasteiger partial charge is 0.463 e. The Morgan fingerprint density at radius 2 is 1.90 bits per heavy atom. The first-order chi connectivity index (χ1) is 14.6. The van der Waals surface area contributed by atoms with Crippen molar-refractivity contribution in [2.24, 2.45) is 11.8 Å². The SMILES string of the molecule is CC(C)OC(=O)CCC/C=C\C[C@H]1C(=O)C[C@@H](O)[C@@H]1/C=C/c1ccc(C(F)(F)F)cc1. The van der Waals surface area contributed by atoms with Gasteiger partial charge in [-0.1, -0.05) is 36.4 Å². The Morgan fingerprint density at radius 3 is 2.52 bits per heavy atom. The summed E-state index contributed by atoms with van der Waals surface area (Å²) in [4.78, 5) is 23.8. The molecule has 1 fully saturated rings. The number of esters is 1. The third kappa shape index (κ3) is 7.98. The number of benzene rings is 1. The van der Waals surface area contributed by atoms with Gasteiger partial charge >= 0.3 is 12.1 Å². The molecule has 2 rings (SSSR count). The van der Waals surface area contributed by atoms with Crippen molar-refractivity contribution in [3.8, 4) is 0 Å². The van der Waals surface area contributed by atoms with E-state index in [1.165, 1.54) is 12.1 Å². The van der Waals surface area contributed by atoms with Crippen LogP contribution in [0.4, 0.5) is 13.2 Å². The number of unbranched alkanes of at least 4 members (excludes halogenated alkanes) is 1. The minimum atomic E-state index is -4.39. The van der Waals surface area contributed by atoms with Gasteiger partial charge in [-0.05, 0) is 50.8 Å². The van der Waals surface area contributed by atoms with Crippen molar-refractivity contribution in [3.05, 3.63) is 53.6 Å². The van der Waals surface area contributed by atoms with Crippen LogP contribution in [0.1, 0.15) is 57.1 Å². The highest BCUT2D eigenvalue weighted by molar-refractivity contribution is 5.85. The van der Waals surface area contributed by atoms with E-state index in [2.05, 4.69) is 0 Å². The Balaban J connectivity index is 1.89. The van der Waals surface area contributed by atoms with Gasteiger partial charge in [0.15, 0.2) is 0 Å². The molecule has 0 bridgehead atoms. The molecule has 0 heterocycles. The summed E-state index contributed by atoms with van der Waals surface area (Å²) in [7, 11) is 0. The smallest absolute Gasteiger partial charge is 0.416 e. The molecule has 0 unspecified atom stereocenters. The number of allylic oxidation sites excluding steroid dienone is 2. The average molecular weight is 438 g/mol. The Morgan fingerprint density at radius 1 is 1.23 bits per heavy atom. The van der Waals surface area contributed by atoms with Crippen molar-refractivity contribution in [3.63, 3.8) is 0 Å². The molecule has 0 spiro atoms. The van der Waals surface area contributed by atoms with E-state index >= 15 is 0 Å². The van der Waals surface area contributed by atoms with Gasteiger partial charge in [0, 0.05) is 24.7 Å². The molecule has 0 radical (unpaired) electrons. The van der Waals surface area contributed by atoms with Crippen LogP contribution in [-0.4, -0.2) is 29.1 Å². The first-order valence-electron chi connectivity index (χ1n) is 10.5. The lowest BCUT2D eigenvalue weighted by Crippen LogP contribution is -2.17. The molecule has 7 heteroatoms. The van der Waals surface area contributed by atoms with Crippen LogP contribution in [0.2, 0.25) is 0 Å². The Labute approximate surface area is 180 Å². The van der Waals surface area contributed by atoms with E-state index in [4.69, 9.17) is 4.74 Å². The zero-order valence-electron chi connectivity index (χ0n) is 17.8. The van der Waals surface area contributed by atoms with Crippen LogP contribution >= 0.6 is 0 Å². The van der Waals surface area contributed by atoms with Crippen LogP contribution < -0.4 is 0 Å². The number of rotatable bonds is 9. The van der Waals surface area contributed by atoms with E-state index in [9.17, 15) is 27.9 Å². The van der Waals surface area contributed by atoms with Gasteiger partial charge in [0.25, 0.3) is 0 Å². The van der Waals surface area contributed by atoms with Crippen LogP contribution in [0, 0.1) is 11.8 Å². The quantitative estimate of drug-likeness (QED) is 0.321. The number of aliphatic hydroxyl groups excluding tert-OH is 1. The van der Waals surface area contributed by atoms with E-state index in [0.29, 0.717) is 31.2 Å². The fraction of sp³-hybridized carbons (Fsp3) is 0.500. The molecule has 0 saturated heterocycles. The minimum Gasteiger partial charge on any atom is -0.463 e. The van der Waals surface area contributed by atoms with Crippen molar-refractivity contribution >= 4 is 17.8 Å². The Kier molecular flexibility index (Phi) is 9.04. The maximum atomic E-state index is 12.7. The molecule has 4 nitrogen and oxygen atoms in total. The van der Waals surface area contributed by atoms with E-state index in [1.54, 1.807) is 26.0 Å². The van der Waals surface area contributed by atoms with Crippen molar-refractivity contribution in [1.82, 2.24) is 0 Å². The molecule has 0 aliphatic heterocycles. The molecule has 1 aliphatic carbocycles. The molecule has 1 aliphatic rings. The number of halogens is 3. The number of ketones is 1. The third-order valence-electron chi connectivity index (χ3n) is 5.16. The summed E-state index contributed by atoms with van der Waals surface area (Å²) in [6.45, 7) is 3.60. The summed E-state index contributed by atoms with van der Waals surface area (Å²) in [5.41, 5.74) is -0.150. The highest BCUT2D eigenvalue weighted by atomic mass is 19.4. The molecule has 1 aromatic rings. The summed E-state index contributed by atoms with van der Waals surface area (Å²) >= 11 is 0. The van der Waals surface area contributed by atoms with E-state index < -0.39 is 17.8 Å². The number of carbonyl (C=O) groups is 2. The fourth-order valence-corrected chi connectivity index (χ4v) is 3.58. The van der Waals surface area contributed by atoms with E-state index in [1.807, 2.05) is 12.2 Å². The molecule has 0 amide bonds. The second kappa shape index (κ2) is 11.3. The van der Waals surface area contributed by atoms with Crippen molar-refractivity contribution in [1.29, 1.82) is 0 Å². The lowest BCUT2D eigenvalue weighted by Gasteiger charge is -2.16. The predicted octanol–water partition coefficient (Wildman–Crippen LogP) is 5.35. The Bertz CT molecular complexity index is 794. The fourth-order valence-electron chi connectivity index (χ4n) is 3.58. The van der Waals surface area contributed by atoms with Crippen LogP contribution in [-0.2, 0) is 20.5 Å². The van der Waals surface area contributed by atoms with Gasteiger partial charge in [-0.25, -0.2) is 0 Å². The molecular weight excluding hydrogens is 409 g/mol. The molecular formula is C24H29F3O4. The first kappa shape index (κ1) is 24.9. The molecule has 1 saturated carbocycles. The normalized spacial score (nSPS) is 22.2. The summed E-state index contributed by atoms with van der Waals surface area (Å²) in [5.74, 6) is -1.02. The molecule has 1 N–H and O–H groups in total. The predicted molar refractivity (Wildman–Crippen MR) is 112 cm³/mol. The summed E-state index contributed by atoms with van der Waals surface area (Å²) in [5, 5.41) is 10.2. The standard InChI is InChI=1S/C24H29F3O4/c1-16(2)31-23(30)8-6-4-3-5-7-19-20(22(29)15-21(19)28)14-11-17-9-12-18(13-10-17)24(25,26)27/h3,5,9-14,16,19-20,22,29H,4,6-8,15H2,1-2H3/b5-3-,14-11+/t19-,20-,22-/m1/s1. The second-order valence-corrected chi connectivity index (χ2v) is 8.04. The number of ether oxygens (including phenoxy) is 1. The Hall–Kier alpha value is -2.41. The maximum Gasteiger partial charge on any atom is 0.416 e. The summed E-state index contributed by atoms with van der Waals surface area (Å²) in [6.07, 6.45) is 4.04. The monoisotopic (exact) mass is 438 g/mol. The lowest BCUT2D eigenvalue weighted by molar-refractivity contribution is -0.147. The summed E-state index contributed by atoms with van der Waals surface area (Å²) < 4.78 is 43.1. The zero-order chi connectivity index (χ0) is 23.0. The van der Waals surface area contributed by atoms with Gasteiger partial charge < -0.3 is 9.84 Å².